The lowest BCUT2D eigenvalue weighted by molar-refractivity contribution is 0.949. The van der Waals surface area contributed by atoms with E-state index in [1.54, 1.807) is 0 Å². The molecule has 0 N–H and O–H groups in total. The number of fused-ring (bicyclic) bond motifs is 9. The molecule has 0 unspecified atom stereocenters. The van der Waals surface area contributed by atoms with Gasteiger partial charge in [0.05, 0.1) is 58.2 Å². The van der Waals surface area contributed by atoms with Crippen LogP contribution in [0.1, 0.15) is 13.7 Å². The lowest BCUT2D eigenvalue weighted by Crippen LogP contribution is -2.08. The molecule has 4 aromatic heterocycles. The second-order valence-electron chi connectivity index (χ2n) is 13.7. The zero-order chi connectivity index (χ0) is 46.2. The van der Waals surface area contributed by atoms with E-state index in [0.717, 1.165) is 65.8 Å². The van der Waals surface area contributed by atoms with Gasteiger partial charge in [-0.05, 0) is 42.5 Å². The van der Waals surface area contributed by atoms with Crippen LogP contribution < -0.4 is 0 Å². The fourth-order valence-corrected chi connectivity index (χ4v) is 8.43. The molecule has 0 aliphatic carbocycles. The largest absolute Gasteiger partial charge is 0.309 e. The van der Waals surface area contributed by atoms with Crippen LogP contribution in [0.5, 0.6) is 0 Å². The van der Waals surface area contributed by atoms with Crippen LogP contribution in [-0.4, -0.2) is 28.7 Å². The molecule has 8 aromatic carbocycles. The predicted molar refractivity (Wildman–Crippen MR) is 234 cm³/mol. The molecule has 4 heterocycles. The second-order valence-corrected chi connectivity index (χ2v) is 13.7. The van der Waals surface area contributed by atoms with Crippen molar-refractivity contribution < 1.29 is 13.7 Å². The molecule has 12 rings (SSSR count). The number of aromatic nitrogens is 6. The first-order valence-corrected chi connectivity index (χ1v) is 18.4. The van der Waals surface area contributed by atoms with Gasteiger partial charge in [0.2, 0.25) is 5.95 Å². The molecule has 6 nitrogen and oxygen atoms in total. The molecule has 0 aliphatic rings. The van der Waals surface area contributed by atoms with Gasteiger partial charge in [-0.2, -0.15) is 9.97 Å². The molecule has 0 aliphatic heterocycles. The summed E-state index contributed by atoms with van der Waals surface area (Å²) < 4.78 is 93.4. The van der Waals surface area contributed by atoms with Gasteiger partial charge < -0.3 is 9.13 Å². The van der Waals surface area contributed by atoms with Crippen molar-refractivity contribution in [1.82, 2.24) is 28.7 Å². The Bertz CT molecular complexity index is 3880. The Morgan fingerprint density at radius 1 is 0.351 bits per heavy atom. The predicted octanol–water partition coefficient (Wildman–Crippen LogP) is 12.5. The van der Waals surface area contributed by atoms with Crippen LogP contribution in [0, 0.1) is 0 Å². The van der Waals surface area contributed by atoms with Gasteiger partial charge in [-0.25, -0.2) is 4.98 Å². The third-order valence-corrected chi connectivity index (χ3v) is 10.7. The Morgan fingerprint density at radius 3 is 1.26 bits per heavy atom. The minimum absolute atomic E-state index is 0.0915. The number of benzene rings is 8. The summed E-state index contributed by atoms with van der Waals surface area (Å²) in [4.78, 5) is 14.6. The fourth-order valence-electron chi connectivity index (χ4n) is 8.43. The summed E-state index contributed by atoms with van der Waals surface area (Å²) in [6.45, 7) is 0. The maximum atomic E-state index is 9.01. The van der Waals surface area contributed by atoms with E-state index >= 15 is 0 Å². The lowest BCUT2D eigenvalue weighted by atomic mass is 10.1. The quantitative estimate of drug-likeness (QED) is 0.177. The van der Waals surface area contributed by atoms with E-state index in [1.807, 2.05) is 83.4 Å². The average molecular weight is 739 g/mol. The van der Waals surface area contributed by atoms with Crippen LogP contribution in [0.4, 0.5) is 0 Å². The Kier molecular flexibility index (Phi) is 5.02. The summed E-state index contributed by atoms with van der Waals surface area (Å²) in [5, 5.41) is 5.77. The molecule has 0 fully saturated rings. The van der Waals surface area contributed by atoms with E-state index in [1.165, 1.54) is 0 Å². The zero-order valence-electron chi connectivity index (χ0n) is 39.9. The van der Waals surface area contributed by atoms with Crippen molar-refractivity contribution in [2.75, 3.05) is 0 Å². The normalized spacial score (nSPS) is 14.3. The van der Waals surface area contributed by atoms with Gasteiger partial charge in [0.15, 0.2) is 11.6 Å². The minimum atomic E-state index is -0.622. The first-order chi connectivity index (χ1) is 32.5. The number of rotatable bonds is 5. The van der Waals surface area contributed by atoms with Crippen molar-refractivity contribution in [3.8, 4) is 40.1 Å². The van der Waals surface area contributed by atoms with Gasteiger partial charge in [-0.15, -0.1) is 0 Å². The van der Waals surface area contributed by atoms with Crippen molar-refractivity contribution in [3.05, 3.63) is 194 Å². The average Bonchev–Trinajstić information content (AvgIpc) is 4.00. The van der Waals surface area contributed by atoms with Crippen LogP contribution in [0.15, 0.2) is 194 Å². The van der Waals surface area contributed by atoms with Crippen LogP contribution in [0.3, 0.4) is 0 Å². The van der Waals surface area contributed by atoms with Gasteiger partial charge in [0, 0.05) is 43.4 Å². The topological polar surface area (TPSA) is 53.5 Å². The van der Waals surface area contributed by atoms with Gasteiger partial charge in [-0.1, -0.05) is 151 Å². The maximum absolute atomic E-state index is 9.01. The van der Waals surface area contributed by atoms with Crippen molar-refractivity contribution in [1.29, 1.82) is 0 Å². The van der Waals surface area contributed by atoms with Crippen molar-refractivity contribution in [2.45, 2.75) is 0 Å². The van der Waals surface area contributed by atoms with Crippen molar-refractivity contribution in [2.24, 2.45) is 0 Å². The lowest BCUT2D eigenvalue weighted by Gasteiger charge is -2.14. The summed E-state index contributed by atoms with van der Waals surface area (Å²) in [5.41, 5.74) is 5.91. The molecule has 12 aromatic rings. The maximum Gasteiger partial charge on any atom is 0.238 e. The molecule has 266 valence electrons. The highest BCUT2D eigenvalue weighted by Gasteiger charge is 2.25. The van der Waals surface area contributed by atoms with E-state index in [2.05, 4.69) is 68.7 Å². The second kappa shape index (κ2) is 12.3. The summed E-state index contributed by atoms with van der Waals surface area (Å²) >= 11 is 0. The Balaban J connectivity index is 1.30. The molecule has 57 heavy (non-hydrogen) atoms. The summed E-state index contributed by atoms with van der Waals surface area (Å²) in [6, 6.07) is 38.5. The highest BCUT2D eigenvalue weighted by molar-refractivity contribution is 6.19. The number of para-hydroxylation sites is 5. The fraction of sp³-hybridized carbons (Fsp3) is 0. The van der Waals surface area contributed by atoms with E-state index in [0.29, 0.717) is 11.0 Å². The monoisotopic (exact) mass is 738 g/mol. The van der Waals surface area contributed by atoms with E-state index in [9.17, 15) is 0 Å². The standard InChI is InChI=1S/C51H32N6/c1-3-17-33(18-4-1)49-52-50(34-19-5-2-6-20-34)54-51(53-49)57-45-31-16-30-44(55-40-26-11-7-21-35(40)36-22-8-12-27-41(36)55)47(45)39-25-15-32-46(48(39)57)56-42-28-13-9-23-37(42)38-24-10-14-29-43(38)56/h1-32H/i1D,2D,3D,4D,5D,6D,17D,18D,19D,20D. The van der Waals surface area contributed by atoms with Gasteiger partial charge in [0.1, 0.15) is 0 Å². The smallest absolute Gasteiger partial charge is 0.238 e. The minimum Gasteiger partial charge on any atom is -0.309 e. The summed E-state index contributed by atoms with van der Waals surface area (Å²) in [6.07, 6.45) is 0. The van der Waals surface area contributed by atoms with Crippen LogP contribution in [-0.2, 0) is 0 Å². The Morgan fingerprint density at radius 2 is 0.754 bits per heavy atom. The molecule has 0 radical (unpaired) electrons. The zero-order valence-corrected chi connectivity index (χ0v) is 29.9. The first-order valence-electron chi connectivity index (χ1n) is 23.4. The molecule has 0 saturated heterocycles. The molecule has 6 heteroatoms. The molecular weight excluding hydrogens is 697 g/mol. The third kappa shape index (κ3) is 4.68. The first kappa shape index (κ1) is 23.2. The third-order valence-electron chi connectivity index (χ3n) is 10.7. The highest BCUT2D eigenvalue weighted by atomic mass is 15.2. The van der Waals surface area contributed by atoms with Gasteiger partial charge in [0.25, 0.3) is 0 Å². The molecule has 0 atom stereocenters. The van der Waals surface area contributed by atoms with Crippen LogP contribution in [0.25, 0.3) is 106 Å². The van der Waals surface area contributed by atoms with E-state index in [4.69, 9.17) is 23.7 Å². The number of hydrogen-bond acceptors (Lipinski definition) is 3. The highest BCUT2D eigenvalue weighted by Crippen LogP contribution is 2.43. The molecule has 0 saturated carbocycles. The summed E-state index contributed by atoms with van der Waals surface area (Å²) in [7, 11) is 0. The van der Waals surface area contributed by atoms with Crippen LogP contribution in [0.2, 0.25) is 0 Å². The van der Waals surface area contributed by atoms with Crippen molar-refractivity contribution in [3.63, 3.8) is 0 Å². The van der Waals surface area contributed by atoms with Gasteiger partial charge >= 0.3 is 0 Å². The van der Waals surface area contributed by atoms with Crippen molar-refractivity contribution >= 4 is 65.4 Å². The SMILES string of the molecule is [2H]c1c([2H])c([2H])c(-c2nc(-c3c([2H])c([2H])c([2H])c([2H])c3[2H])nc(-n3c4cccc(-n5c6ccccc6c6ccccc65)c4c4cccc(-n5c6ccccc6c6ccccc65)c43)n2)c([2H])c1[2H]. The molecule has 0 spiro atoms. The molecular formula is C51H32N6. The Hall–Kier alpha value is -7.83. The summed E-state index contributed by atoms with van der Waals surface area (Å²) in [5.74, 6) is -0.801. The number of nitrogens with zero attached hydrogens (tertiary/aromatic N) is 6. The van der Waals surface area contributed by atoms with Crippen LogP contribution >= 0.6 is 0 Å². The Labute approximate surface area is 341 Å². The van der Waals surface area contributed by atoms with E-state index < -0.39 is 60.4 Å². The molecule has 0 amide bonds. The van der Waals surface area contributed by atoms with Gasteiger partial charge in [-0.3, -0.25) is 4.57 Å². The molecule has 0 bridgehead atoms. The van der Waals surface area contributed by atoms with E-state index in [-0.39, 0.29) is 28.7 Å². The number of hydrogen-bond donors (Lipinski definition) is 0.